The number of hydrogen-bond acceptors (Lipinski definition) is 5. The molecule has 4 rings (SSSR count). The van der Waals surface area contributed by atoms with E-state index in [1.807, 2.05) is 0 Å². The molecular formula is C18H22N2O2S. The third-order valence-corrected chi connectivity index (χ3v) is 5.67. The van der Waals surface area contributed by atoms with Gasteiger partial charge in [0.1, 0.15) is 5.01 Å². The fourth-order valence-corrected chi connectivity index (χ4v) is 4.28. The maximum Gasteiger partial charge on any atom is 0.170 e. The fourth-order valence-electron chi connectivity index (χ4n) is 3.38. The zero-order chi connectivity index (χ0) is 15.7. The van der Waals surface area contributed by atoms with Gasteiger partial charge in [-0.25, -0.2) is 4.98 Å². The Balaban J connectivity index is 1.40. The minimum absolute atomic E-state index is 0.287. The van der Waals surface area contributed by atoms with Crippen LogP contribution in [0.25, 0.3) is 10.6 Å². The molecule has 0 bridgehead atoms. The Kier molecular flexibility index (Phi) is 4.20. The van der Waals surface area contributed by atoms with Gasteiger partial charge in [0.2, 0.25) is 0 Å². The lowest BCUT2D eigenvalue weighted by molar-refractivity contribution is -0.185. The van der Waals surface area contributed by atoms with Gasteiger partial charge in [0.25, 0.3) is 0 Å². The number of likely N-dealkylation sites (tertiary alicyclic amines) is 1. The fraction of sp³-hybridized carbons (Fsp3) is 0.500. The van der Waals surface area contributed by atoms with Crippen molar-refractivity contribution in [1.29, 1.82) is 0 Å². The van der Waals surface area contributed by atoms with Gasteiger partial charge in [0.05, 0.1) is 18.9 Å². The largest absolute Gasteiger partial charge is 0.347 e. The molecule has 2 saturated heterocycles. The summed E-state index contributed by atoms with van der Waals surface area (Å²) in [6.07, 6.45) is 1.92. The predicted octanol–water partition coefficient (Wildman–Crippen LogP) is 3.46. The Morgan fingerprint density at radius 3 is 2.65 bits per heavy atom. The maximum atomic E-state index is 5.79. The van der Waals surface area contributed by atoms with Crippen LogP contribution in [0.5, 0.6) is 0 Å². The Labute approximate surface area is 141 Å². The highest BCUT2D eigenvalue weighted by Crippen LogP contribution is 2.32. The normalized spacial score (nSPS) is 21.1. The molecule has 2 aromatic rings. The van der Waals surface area contributed by atoms with E-state index >= 15 is 0 Å². The minimum atomic E-state index is -0.287. The van der Waals surface area contributed by atoms with Crippen LogP contribution in [-0.4, -0.2) is 42.0 Å². The Morgan fingerprint density at radius 1 is 1.17 bits per heavy atom. The van der Waals surface area contributed by atoms with Crippen molar-refractivity contribution in [2.75, 3.05) is 26.3 Å². The molecule has 3 heterocycles. The summed E-state index contributed by atoms with van der Waals surface area (Å²) in [5, 5.41) is 3.31. The van der Waals surface area contributed by atoms with E-state index in [1.54, 1.807) is 11.3 Å². The summed E-state index contributed by atoms with van der Waals surface area (Å²) in [4.78, 5) is 7.29. The van der Waals surface area contributed by atoms with E-state index in [0.29, 0.717) is 0 Å². The lowest BCUT2D eigenvalue weighted by atomic mass is 10.0. The molecule has 23 heavy (non-hydrogen) atoms. The number of aryl methyl sites for hydroxylation is 1. The minimum Gasteiger partial charge on any atom is -0.347 e. The zero-order valence-corrected chi connectivity index (χ0v) is 14.3. The van der Waals surface area contributed by atoms with Crippen LogP contribution in [0.15, 0.2) is 29.6 Å². The molecule has 2 aliphatic heterocycles. The predicted molar refractivity (Wildman–Crippen MR) is 91.4 cm³/mol. The van der Waals surface area contributed by atoms with Crippen LogP contribution in [0.1, 0.15) is 24.1 Å². The molecule has 0 aliphatic carbocycles. The summed E-state index contributed by atoms with van der Waals surface area (Å²) in [5.74, 6) is -0.287. The van der Waals surface area contributed by atoms with Gasteiger partial charge in [-0.1, -0.05) is 24.3 Å². The second-order valence-corrected chi connectivity index (χ2v) is 7.20. The SMILES string of the molecule is Cc1ccccc1-c1nc(CN2CCC3(CC2)OCCO3)cs1. The standard InChI is InChI=1S/C18H22N2O2S/c1-14-4-2-3-5-16(14)17-19-15(13-23-17)12-20-8-6-18(7-9-20)21-10-11-22-18/h2-5,13H,6-12H2,1H3. The number of rotatable bonds is 3. The second kappa shape index (κ2) is 6.32. The van der Waals surface area contributed by atoms with Crippen molar-refractivity contribution in [3.05, 3.63) is 40.9 Å². The van der Waals surface area contributed by atoms with Crippen LogP contribution in [0.3, 0.4) is 0 Å². The highest BCUT2D eigenvalue weighted by Gasteiger charge is 2.39. The van der Waals surface area contributed by atoms with Gasteiger partial charge in [0, 0.05) is 43.4 Å². The molecular weight excluding hydrogens is 308 g/mol. The molecule has 0 N–H and O–H groups in total. The smallest absolute Gasteiger partial charge is 0.170 e. The summed E-state index contributed by atoms with van der Waals surface area (Å²) >= 11 is 1.74. The van der Waals surface area contributed by atoms with Crippen molar-refractivity contribution in [3.63, 3.8) is 0 Å². The van der Waals surface area contributed by atoms with E-state index in [0.717, 1.165) is 56.4 Å². The third-order valence-electron chi connectivity index (χ3n) is 4.74. The van der Waals surface area contributed by atoms with Gasteiger partial charge in [-0.3, -0.25) is 4.90 Å². The summed E-state index contributed by atoms with van der Waals surface area (Å²) < 4.78 is 11.6. The van der Waals surface area contributed by atoms with E-state index in [-0.39, 0.29) is 5.79 Å². The number of thiazole rings is 1. The van der Waals surface area contributed by atoms with E-state index in [1.165, 1.54) is 11.1 Å². The quantitative estimate of drug-likeness (QED) is 0.863. The first-order valence-electron chi connectivity index (χ1n) is 8.25. The van der Waals surface area contributed by atoms with Gasteiger partial charge in [-0.05, 0) is 12.5 Å². The first kappa shape index (κ1) is 15.3. The Hall–Kier alpha value is -1.27. The average Bonchev–Trinajstić information content (AvgIpc) is 3.20. The molecule has 1 aromatic carbocycles. The topological polar surface area (TPSA) is 34.6 Å². The molecule has 0 amide bonds. The number of nitrogens with zero attached hydrogens (tertiary/aromatic N) is 2. The molecule has 1 aromatic heterocycles. The molecule has 5 heteroatoms. The summed E-state index contributed by atoms with van der Waals surface area (Å²) in [7, 11) is 0. The van der Waals surface area contributed by atoms with Crippen LogP contribution in [0.2, 0.25) is 0 Å². The summed E-state index contributed by atoms with van der Waals surface area (Å²) in [6.45, 7) is 6.56. The van der Waals surface area contributed by atoms with Crippen molar-refractivity contribution < 1.29 is 9.47 Å². The van der Waals surface area contributed by atoms with Crippen molar-refractivity contribution in [3.8, 4) is 10.6 Å². The molecule has 122 valence electrons. The highest BCUT2D eigenvalue weighted by atomic mass is 32.1. The molecule has 1 spiro atoms. The molecule has 0 atom stereocenters. The summed E-state index contributed by atoms with van der Waals surface area (Å²) in [5.41, 5.74) is 3.69. The number of piperidine rings is 1. The monoisotopic (exact) mass is 330 g/mol. The zero-order valence-electron chi connectivity index (χ0n) is 13.5. The van der Waals surface area contributed by atoms with Crippen LogP contribution >= 0.6 is 11.3 Å². The lowest BCUT2D eigenvalue weighted by Crippen LogP contribution is -2.44. The van der Waals surface area contributed by atoms with Crippen molar-refractivity contribution >= 4 is 11.3 Å². The first-order valence-corrected chi connectivity index (χ1v) is 9.13. The third kappa shape index (κ3) is 3.19. The molecule has 2 fully saturated rings. The number of hydrogen-bond donors (Lipinski definition) is 0. The lowest BCUT2D eigenvalue weighted by Gasteiger charge is -2.37. The van der Waals surface area contributed by atoms with Crippen LogP contribution < -0.4 is 0 Å². The highest BCUT2D eigenvalue weighted by molar-refractivity contribution is 7.13. The van der Waals surface area contributed by atoms with Crippen LogP contribution in [0.4, 0.5) is 0 Å². The Bertz CT molecular complexity index is 669. The molecule has 4 nitrogen and oxygen atoms in total. The van der Waals surface area contributed by atoms with Crippen molar-refractivity contribution in [2.24, 2.45) is 0 Å². The molecule has 0 unspecified atom stereocenters. The molecule has 0 saturated carbocycles. The van der Waals surface area contributed by atoms with Crippen LogP contribution in [0, 0.1) is 6.92 Å². The van der Waals surface area contributed by atoms with Gasteiger partial charge < -0.3 is 9.47 Å². The van der Waals surface area contributed by atoms with Crippen LogP contribution in [-0.2, 0) is 16.0 Å². The Morgan fingerprint density at radius 2 is 1.91 bits per heavy atom. The number of benzene rings is 1. The van der Waals surface area contributed by atoms with E-state index in [4.69, 9.17) is 14.5 Å². The van der Waals surface area contributed by atoms with Gasteiger partial charge in [-0.2, -0.15) is 0 Å². The average molecular weight is 330 g/mol. The van der Waals surface area contributed by atoms with Gasteiger partial charge in [0.15, 0.2) is 5.79 Å². The maximum absolute atomic E-state index is 5.79. The first-order chi connectivity index (χ1) is 11.2. The molecule has 0 radical (unpaired) electrons. The van der Waals surface area contributed by atoms with Gasteiger partial charge in [-0.15, -0.1) is 11.3 Å². The number of ether oxygens (including phenoxy) is 2. The second-order valence-electron chi connectivity index (χ2n) is 6.34. The van der Waals surface area contributed by atoms with E-state index < -0.39 is 0 Å². The molecule has 2 aliphatic rings. The van der Waals surface area contributed by atoms with E-state index in [9.17, 15) is 0 Å². The van der Waals surface area contributed by atoms with Crippen molar-refractivity contribution in [2.45, 2.75) is 32.1 Å². The number of aromatic nitrogens is 1. The van der Waals surface area contributed by atoms with Gasteiger partial charge >= 0.3 is 0 Å². The summed E-state index contributed by atoms with van der Waals surface area (Å²) in [6, 6.07) is 8.44. The van der Waals surface area contributed by atoms with E-state index in [2.05, 4.69) is 41.5 Å². The van der Waals surface area contributed by atoms with Crippen molar-refractivity contribution in [1.82, 2.24) is 9.88 Å².